The zero-order valence-electron chi connectivity index (χ0n) is 11.6. The van der Waals surface area contributed by atoms with Crippen LogP contribution in [0, 0.1) is 5.92 Å². The summed E-state index contributed by atoms with van der Waals surface area (Å²) in [7, 11) is 0. The molecule has 0 saturated carbocycles. The Morgan fingerprint density at radius 3 is 2.60 bits per heavy atom. The van der Waals surface area contributed by atoms with Crippen LogP contribution in [0.3, 0.4) is 0 Å². The normalized spacial score (nSPS) is 18.0. The number of hydrogen-bond donors (Lipinski definition) is 1. The fourth-order valence-corrected chi connectivity index (χ4v) is 3.92. The van der Waals surface area contributed by atoms with Crippen LogP contribution < -0.4 is 5.32 Å². The molecule has 1 fully saturated rings. The third-order valence-corrected chi connectivity index (χ3v) is 4.96. The molecule has 0 bridgehead atoms. The van der Waals surface area contributed by atoms with Crippen LogP contribution in [0.1, 0.15) is 30.2 Å². The Bertz CT molecular complexity index is 491. The zero-order chi connectivity index (χ0) is 13.6. The lowest BCUT2D eigenvalue weighted by atomic mass is 10.00. The van der Waals surface area contributed by atoms with Crippen LogP contribution in [0.4, 0.5) is 0 Å². The summed E-state index contributed by atoms with van der Waals surface area (Å²) < 4.78 is 5.62. The highest BCUT2D eigenvalue weighted by Gasteiger charge is 2.19. The molecular formula is C17H21NOS. The van der Waals surface area contributed by atoms with Crippen molar-refractivity contribution in [3.05, 3.63) is 60.1 Å². The van der Waals surface area contributed by atoms with Crippen molar-refractivity contribution >= 4 is 11.8 Å². The average Bonchev–Trinajstić information content (AvgIpc) is 3.04. The van der Waals surface area contributed by atoms with Crippen molar-refractivity contribution in [1.29, 1.82) is 0 Å². The Hall–Kier alpha value is -1.19. The average molecular weight is 287 g/mol. The number of benzene rings is 1. The first kappa shape index (κ1) is 13.8. The molecule has 1 aromatic heterocycles. The van der Waals surface area contributed by atoms with Crippen LogP contribution in [0.15, 0.2) is 53.1 Å². The van der Waals surface area contributed by atoms with E-state index < -0.39 is 0 Å². The standard InChI is InChI=1S/C17H21NOS/c1-2-5-15(6-3-1)17(16-7-4-10-19-16)18-13-14-8-11-20-12-9-14/h1-7,10,14,17-18H,8-9,11-13H2. The fraction of sp³-hybridized carbons (Fsp3) is 0.412. The van der Waals surface area contributed by atoms with Gasteiger partial charge in [-0.3, -0.25) is 0 Å². The molecule has 1 saturated heterocycles. The minimum atomic E-state index is 0.167. The second-order valence-corrected chi connectivity index (χ2v) is 6.55. The van der Waals surface area contributed by atoms with E-state index in [4.69, 9.17) is 4.42 Å². The molecule has 3 rings (SSSR count). The highest BCUT2D eigenvalue weighted by atomic mass is 32.2. The minimum Gasteiger partial charge on any atom is -0.467 e. The van der Waals surface area contributed by atoms with E-state index in [0.29, 0.717) is 0 Å². The van der Waals surface area contributed by atoms with Crippen LogP contribution in [-0.2, 0) is 0 Å². The van der Waals surface area contributed by atoms with E-state index in [2.05, 4.69) is 53.5 Å². The highest BCUT2D eigenvalue weighted by molar-refractivity contribution is 7.99. The van der Waals surface area contributed by atoms with Gasteiger partial charge in [0.2, 0.25) is 0 Å². The van der Waals surface area contributed by atoms with Crippen LogP contribution >= 0.6 is 11.8 Å². The molecule has 0 aliphatic carbocycles. The molecule has 1 aliphatic rings. The zero-order valence-corrected chi connectivity index (χ0v) is 12.4. The van der Waals surface area contributed by atoms with Crippen molar-refractivity contribution in [2.24, 2.45) is 5.92 Å². The van der Waals surface area contributed by atoms with E-state index in [0.717, 1.165) is 18.2 Å². The SMILES string of the molecule is c1ccc(C(NCC2CCSCC2)c2ccco2)cc1. The van der Waals surface area contributed by atoms with Gasteiger partial charge in [-0.05, 0) is 54.5 Å². The lowest BCUT2D eigenvalue weighted by Gasteiger charge is -2.25. The first-order chi connectivity index (χ1) is 9.93. The number of hydrogen-bond acceptors (Lipinski definition) is 3. The highest BCUT2D eigenvalue weighted by Crippen LogP contribution is 2.25. The van der Waals surface area contributed by atoms with Gasteiger partial charge < -0.3 is 9.73 Å². The van der Waals surface area contributed by atoms with Crippen molar-refractivity contribution in [3.8, 4) is 0 Å². The first-order valence-corrected chi connectivity index (χ1v) is 8.48. The van der Waals surface area contributed by atoms with Gasteiger partial charge in [0, 0.05) is 0 Å². The topological polar surface area (TPSA) is 25.2 Å². The predicted molar refractivity (Wildman–Crippen MR) is 85.0 cm³/mol. The summed E-state index contributed by atoms with van der Waals surface area (Å²) in [4.78, 5) is 0. The third kappa shape index (κ3) is 3.47. The van der Waals surface area contributed by atoms with E-state index in [-0.39, 0.29) is 6.04 Å². The molecule has 2 heterocycles. The number of thioether (sulfide) groups is 1. The molecule has 0 radical (unpaired) electrons. The summed E-state index contributed by atoms with van der Waals surface area (Å²) >= 11 is 2.08. The Morgan fingerprint density at radius 2 is 1.90 bits per heavy atom. The molecule has 1 atom stereocenters. The minimum absolute atomic E-state index is 0.167. The van der Waals surface area contributed by atoms with Crippen molar-refractivity contribution in [2.45, 2.75) is 18.9 Å². The van der Waals surface area contributed by atoms with E-state index in [9.17, 15) is 0 Å². The smallest absolute Gasteiger partial charge is 0.125 e. The monoisotopic (exact) mass is 287 g/mol. The van der Waals surface area contributed by atoms with Crippen LogP contribution in [0.2, 0.25) is 0 Å². The molecule has 20 heavy (non-hydrogen) atoms. The summed E-state index contributed by atoms with van der Waals surface area (Å²) in [5.41, 5.74) is 1.27. The molecule has 0 spiro atoms. The van der Waals surface area contributed by atoms with Crippen molar-refractivity contribution in [2.75, 3.05) is 18.1 Å². The second-order valence-electron chi connectivity index (χ2n) is 5.32. The number of rotatable bonds is 5. The van der Waals surface area contributed by atoms with E-state index in [1.54, 1.807) is 6.26 Å². The second kappa shape index (κ2) is 7.00. The fourth-order valence-electron chi connectivity index (χ4n) is 2.72. The third-order valence-electron chi connectivity index (χ3n) is 3.91. The van der Waals surface area contributed by atoms with Crippen LogP contribution in [0.25, 0.3) is 0 Å². The molecule has 3 heteroatoms. The van der Waals surface area contributed by atoms with E-state index in [1.807, 2.05) is 6.07 Å². The molecule has 0 amide bonds. The van der Waals surface area contributed by atoms with Gasteiger partial charge in [0.05, 0.1) is 12.3 Å². The van der Waals surface area contributed by atoms with Crippen molar-refractivity contribution in [3.63, 3.8) is 0 Å². The Morgan fingerprint density at radius 1 is 1.10 bits per heavy atom. The summed E-state index contributed by atoms with van der Waals surface area (Å²) in [5.74, 6) is 4.42. The maximum Gasteiger partial charge on any atom is 0.125 e. The van der Waals surface area contributed by atoms with Gasteiger partial charge in [0.25, 0.3) is 0 Å². The summed E-state index contributed by atoms with van der Waals surface area (Å²) in [6.45, 7) is 1.07. The maximum absolute atomic E-state index is 5.62. The summed E-state index contributed by atoms with van der Waals surface area (Å²) in [6, 6.07) is 14.7. The lowest BCUT2D eigenvalue weighted by molar-refractivity contribution is 0.393. The van der Waals surface area contributed by atoms with Crippen molar-refractivity contribution < 1.29 is 4.42 Å². The predicted octanol–water partition coefficient (Wildman–Crippen LogP) is 4.10. The Kier molecular flexibility index (Phi) is 4.82. The molecule has 1 unspecified atom stereocenters. The van der Waals surface area contributed by atoms with E-state index in [1.165, 1.54) is 29.9 Å². The molecule has 1 N–H and O–H groups in total. The molecule has 1 aromatic carbocycles. The number of nitrogens with one attached hydrogen (secondary N) is 1. The van der Waals surface area contributed by atoms with Gasteiger partial charge in [-0.25, -0.2) is 0 Å². The summed E-state index contributed by atoms with van der Waals surface area (Å²) in [5, 5.41) is 3.71. The lowest BCUT2D eigenvalue weighted by Crippen LogP contribution is -2.29. The van der Waals surface area contributed by atoms with Gasteiger partial charge in [0.15, 0.2) is 0 Å². The number of furan rings is 1. The summed E-state index contributed by atoms with van der Waals surface area (Å²) in [6.07, 6.45) is 4.42. The molecular weight excluding hydrogens is 266 g/mol. The van der Waals surface area contributed by atoms with Gasteiger partial charge >= 0.3 is 0 Å². The molecule has 106 valence electrons. The van der Waals surface area contributed by atoms with Gasteiger partial charge in [-0.1, -0.05) is 30.3 Å². The largest absolute Gasteiger partial charge is 0.467 e. The Labute approximate surface area is 125 Å². The quantitative estimate of drug-likeness (QED) is 0.896. The van der Waals surface area contributed by atoms with E-state index >= 15 is 0 Å². The molecule has 1 aliphatic heterocycles. The van der Waals surface area contributed by atoms with Gasteiger partial charge in [-0.2, -0.15) is 11.8 Å². The van der Waals surface area contributed by atoms with Crippen LogP contribution in [-0.4, -0.2) is 18.1 Å². The Balaban J connectivity index is 1.69. The van der Waals surface area contributed by atoms with Crippen molar-refractivity contribution in [1.82, 2.24) is 5.32 Å². The van der Waals surface area contributed by atoms with Gasteiger partial charge in [-0.15, -0.1) is 0 Å². The maximum atomic E-state index is 5.62. The molecule has 2 aromatic rings. The first-order valence-electron chi connectivity index (χ1n) is 7.33. The van der Waals surface area contributed by atoms with Gasteiger partial charge in [0.1, 0.15) is 5.76 Å². The molecule has 2 nitrogen and oxygen atoms in total. The van der Waals surface area contributed by atoms with Crippen LogP contribution in [0.5, 0.6) is 0 Å².